The van der Waals surface area contributed by atoms with Crippen LogP contribution in [-0.2, 0) is 21.7 Å². The maximum atomic E-state index is 2.63. The predicted octanol–water partition coefficient (Wildman–Crippen LogP) is 26.7. The number of hydrogen-bond donors (Lipinski definition) is 0. The van der Waals surface area contributed by atoms with Gasteiger partial charge in [-0.1, -0.05) is 281 Å². The maximum Gasteiger partial charge on any atom is 0.0261 e. The Bertz CT molecular complexity index is 4700. The van der Waals surface area contributed by atoms with Crippen molar-refractivity contribution < 1.29 is 0 Å². The molecule has 13 aromatic carbocycles. The Morgan fingerprint density at radius 3 is 0.562 bits per heavy atom. The van der Waals surface area contributed by atoms with Crippen molar-refractivity contribution in [3.63, 3.8) is 0 Å². The van der Waals surface area contributed by atoms with E-state index in [1.54, 1.807) is 0 Å². The average molecular weight is 1250 g/mol. The average Bonchev–Trinajstić information content (AvgIpc) is 1.26. The summed E-state index contributed by atoms with van der Waals surface area (Å²) in [5.74, 6) is 3.08. The third kappa shape index (κ3) is 7.52. The molecule has 4 aliphatic carbocycles. The van der Waals surface area contributed by atoms with Crippen LogP contribution in [-0.4, -0.2) is 0 Å². The molecule has 96 heavy (non-hydrogen) atoms. The molecule has 0 aliphatic heterocycles. The van der Waals surface area contributed by atoms with Gasteiger partial charge in [0, 0.05) is 21.7 Å². The predicted molar refractivity (Wildman–Crippen MR) is 413 cm³/mol. The lowest BCUT2D eigenvalue weighted by Gasteiger charge is -2.40. The highest BCUT2D eigenvalue weighted by atomic mass is 14.6. The minimum Gasteiger partial charge on any atom is -0.0619 e. The highest BCUT2D eigenvalue weighted by Crippen LogP contribution is 2.64. The van der Waals surface area contributed by atoms with E-state index in [4.69, 9.17) is 0 Å². The first-order valence-electron chi connectivity index (χ1n) is 36.5. The van der Waals surface area contributed by atoms with Gasteiger partial charge in [-0.05, 0) is 272 Å². The Hall–Kier alpha value is -8.84. The third-order valence-electron chi connectivity index (χ3n) is 25.8. The Kier molecular flexibility index (Phi) is 13.5. The van der Waals surface area contributed by atoms with Crippen LogP contribution in [0.25, 0.3) is 132 Å². The molecule has 0 nitrogen and oxygen atoms in total. The fourth-order valence-corrected chi connectivity index (χ4v) is 22.7. The lowest BCUT2D eigenvalue weighted by atomic mass is 9.63. The molecule has 13 aromatic rings. The highest BCUT2D eigenvalue weighted by Gasteiger charge is 2.52. The van der Waals surface area contributed by atoms with Crippen LogP contribution in [0, 0.1) is 47.3 Å². The van der Waals surface area contributed by atoms with Gasteiger partial charge in [-0.3, -0.25) is 0 Å². The van der Waals surface area contributed by atoms with Gasteiger partial charge < -0.3 is 0 Å². The second-order valence-corrected chi connectivity index (χ2v) is 32.1. The molecule has 0 bridgehead atoms. The molecule has 0 amide bonds. The second kappa shape index (κ2) is 21.3. The van der Waals surface area contributed by atoms with E-state index >= 15 is 0 Å². The molecule has 476 valence electrons. The van der Waals surface area contributed by atoms with E-state index in [2.05, 4.69) is 329 Å². The molecule has 4 aliphatic rings. The van der Waals surface area contributed by atoms with Gasteiger partial charge in [0.2, 0.25) is 0 Å². The number of hydrogen-bond acceptors (Lipinski definition) is 0. The lowest BCUT2D eigenvalue weighted by molar-refractivity contribution is 0.280. The van der Waals surface area contributed by atoms with Gasteiger partial charge in [0.05, 0.1) is 0 Å². The summed E-state index contributed by atoms with van der Waals surface area (Å²) >= 11 is 0. The molecule has 0 heterocycles. The summed E-state index contributed by atoms with van der Waals surface area (Å²) in [7, 11) is 0. The molecule has 0 radical (unpaired) electrons. The Morgan fingerprint density at radius 2 is 0.365 bits per heavy atom. The molecule has 0 atom stereocenters. The van der Waals surface area contributed by atoms with Crippen molar-refractivity contribution in [1.29, 1.82) is 0 Å². The standard InChI is InChI=1S/C96H92/c1-53(2)93(54(3)4)79-37-21-17-29-71(79)89-67(33-25-41-83(89)93)61-45-65-46-62(68-34-26-42-84-90(68)72-30-18-22-38-80(72)94(84,55(5)6)56(7)8)51-77-78-52-64(70-36-28-44-86-92(70)74-32-20-24-40-82(74)96(86,59(13)14)60(15)16)48-66-47-63(50-76(88(66)78)75(49-61)87(65)77)69-35-27-43-85-91(69)73-31-19-23-39-81(73)95(85,57(9)10)58(11)12/h17-60H,1-16H3. The van der Waals surface area contributed by atoms with Gasteiger partial charge in [-0.25, -0.2) is 0 Å². The lowest BCUT2D eigenvalue weighted by Crippen LogP contribution is -2.37. The van der Waals surface area contributed by atoms with Crippen molar-refractivity contribution in [3.05, 3.63) is 263 Å². The van der Waals surface area contributed by atoms with E-state index in [1.165, 1.54) is 177 Å². The van der Waals surface area contributed by atoms with Crippen molar-refractivity contribution >= 4 is 43.1 Å². The van der Waals surface area contributed by atoms with Crippen LogP contribution in [0.3, 0.4) is 0 Å². The van der Waals surface area contributed by atoms with Crippen LogP contribution in [0.5, 0.6) is 0 Å². The monoisotopic (exact) mass is 1240 g/mol. The molecule has 0 N–H and O–H groups in total. The molecule has 0 heteroatoms. The minimum absolute atomic E-state index is 0.140. The van der Waals surface area contributed by atoms with Crippen molar-refractivity contribution in [2.45, 2.75) is 132 Å². The van der Waals surface area contributed by atoms with Crippen LogP contribution in [0.4, 0.5) is 0 Å². The third-order valence-corrected chi connectivity index (χ3v) is 25.8. The van der Waals surface area contributed by atoms with Crippen LogP contribution in [0.1, 0.15) is 155 Å². The Balaban J connectivity index is 1.04. The zero-order chi connectivity index (χ0) is 66.5. The van der Waals surface area contributed by atoms with Crippen LogP contribution in [0.2, 0.25) is 0 Å². The van der Waals surface area contributed by atoms with Crippen molar-refractivity contribution in [3.8, 4) is 89.0 Å². The first kappa shape index (κ1) is 60.8. The number of rotatable bonds is 12. The summed E-state index contributed by atoms with van der Waals surface area (Å²) in [4.78, 5) is 0. The van der Waals surface area contributed by atoms with Gasteiger partial charge in [0.1, 0.15) is 0 Å². The SMILES string of the molecule is CC(C)C1(C(C)C)c2ccccc2-c2c(-c3cc4cc(-c5cccc6c5-c5ccccc5C6(C(C)C)C(C)C)cc5c6cc(-c7cccc8c7-c7ccccc7C8(C(C)C)C(C)C)cc7cc(-c8cccc9c8-c8ccccc8C9(C(C)C)C(C)C)cc(c(c3)c45)c76)cccc21. The Morgan fingerprint density at radius 1 is 0.188 bits per heavy atom. The summed E-state index contributed by atoms with van der Waals surface area (Å²) < 4.78 is 0. The first-order valence-corrected chi connectivity index (χ1v) is 36.5. The van der Waals surface area contributed by atoms with E-state index in [-0.39, 0.29) is 21.7 Å². The zero-order valence-electron chi connectivity index (χ0n) is 59.4. The van der Waals surface area contributed by atoms with Crippen molar-refractivity contribution in [2.75, 3.05) is 0 Å². The first-order chi connectivity index (χ1) is 46.3. The fourth-order valence-electron chi connectivity index (χ4n) is 22.7. The molecule has 0 saturated carbocycles. The second-order valence-electron chi connectivity index (χ2n) is 32.1. The molecule has 0 fully saturated rings. The Labute approximate surface area is 571 Å². The molecule has 17 rings (SSSR count). The largest absolute Gasteiger partial charge is 0.0619 e. The van der Waals surface area contributed by atoms with Gasteiger partial charge in [-0.15, -0.1) is 0 Å². The maximum absolute atomic E-state index is 2.63. The van der Waals surface area contributed by atoms with Crippen LogP contribution < -0.4 is 0 Å². The fraction of sp³-hybridized carbons (Fsp3) is 0.292. The summed E-state index contributed by atoms with van der Waals surface area (Å²) in [5.41, 5.74) is 32.5. The smallest absolute Gasteiger partial charge is 0.0261 e. The van der Waals surface area contributed by atoms with Crippen LogP contribution in [0.15, 0.2) is 218 Å². The van der Waals surface area contributed by atoms with Crippen LogP contribution >= 0.6 is 0 Å². The van der Waals surface area contributed by atoms with Gasteiger partial charge >= 0.3 is 0 Å². The molecular weight excluding hydrogens is 1150 g/mol. The summed E-state index contributed by atoms with van der Waals surface area (Å²) in [6, 6.07) is 87.8. The number of fused-ring (bicyclic) bond motifs is 14. The van der Waals surface area contributed by atoms with Crippen molar-refractivity contribution in [1.82, 2.24) is 0 Å². The van der Waals surface area contributed by atoms with Gasteiger partial charge in [0.15, 0.2) is 0 Å². The zero-order valence-corrected chi connectivity index (χ0v) is 59.4. The molecule has 0 unspecified atom stereocenters. The summed E-state index contributed by atoms with van der Waals surface area (Å²) in [5, 5.41) is 10.4. The van der Waals surface area contributed by atoms with E-state index in [0.29, 0.717) is 47.3 Å². The number of benzene rings is 13. The quantitative estimate of drug-likeness (QED) is 0.0845. The van der Waals surface area contributed by atoms with E-state index in [1.807, 2.05) is 0 Å². The van der Waals surface area contributed by atoms with Crippen molar-refractivity contribution in [2.24, 2.45) is 47.3 Å². The molecular formula is C96H92. The molecule has 0 spiro atoms. The topological polar surface area (TPSA) is 0 Å². The molecule has 0 aromatic heterocycles. The van der Waals surface area contributed by atoms with Gasteiger partial charge in [0.25, 0.3) is 0 Å². The minimum atomic E-state index is -0.140. The van der Waals surface area contributed by atoms with Gasteiger partial charge in [-0.2, -0.15) is 0 Å². The van der Waals surface area contributed by atoms with E-state index in [0.717, 1.165) is 0 Å². The van der Waals surface area contributed by atoms with E-state index < -0.39 is 0 Å². The van der Waals surface area contributed by atoms with E-state index in [9.17, 15) is 0 Å². The summed E-state index contributed by atoms with van der Waals surface area (Å²) in [6.45, 7) is 39.3. The summed E-state index contributed by atoms with van der Waals surface area (Å²) in [6.07, 6.45) is 0. The molecule has 0 saturated heterocycles. The highest BCUT2D eigenvalue weighted by molar-refractivity contribution is 6.35. The normalized spacial score (nSPS) is 15.8.